The van der Waals surface area contributed by atoms with Gasteiger partial charge in [0.05, 0.1) is 5.92 Å². The van der Waals surface area contributed by atoms with E-state index in [2.05, 4.69) is 15.3 Å². The molecular weight excluding hydrogens is 244 g/mol. The van der Waals surface area contributed by atoms with Gasteiger partial charge in [0.1, 0.15) is 5.82 Å². The Morgan fingerprint density at radius 2 is 2.18 bits per heavy atom. The van der Waals surface area contributed by atoms with Gasteiger partial charge in [-0.25, -0.2) is 9.97 Å². The van der Waals surface area contributed by atoms with Gasteiger partial charge in [-0.1, -0.05) is 11.6 Å². The second-order valence-corrected chi connectivity index (χ2v) is 4.66. The van der Waals surface area contributed by atoms with Crippen molar-refractivity contribution in [3.05, 3.63) is 34.4 Å². The molecule has 6 nitrogen and oxygen atoms in total. The van der Waals surface area contributed by atoms with E-state index >= 15 is 0 Å². The second kappa shape index (κ2) is 4.93. The number of halogens is 1. The van der Waals surface area contributed by atoms with E-state index in [0.29, 0.717) is 12.2 Å². The Kier molecular flexibility index (Phi) is 3.54. The molecule has 1 aliphatic heterocycles. The normalized spacial score (nSPS) is 33.3. The van der Waals surface area contributed by atoms with Gasteiger partial charge in [0.2, 0.25) is 0 Å². The minimum atomic E-state index is -0.893. The van der Waals surface area contributed by atoms with Gasteiger partial charge in [0.25, 0.3) is 6.04 Å². The molecule has 4 unspecified atom stereocenters. The van der Waals surface area contributed by atoms with E-state index in [-0.39, 0.29) is 16.9 Å². The van der Waals surface area contributed by atoms with E-state index in [4.69, 9.17) is 11.6 Å². The van der Waals surface area contributed by atoms with Crippen molar-refractivity contribution in [2.75, 3.05) is 0 Å². The molecule has 1 N–H and O–H groups in total. The topological polar surface area (TPSA) is 81.0 Å². The number of nitrogens with zero attached hydrogens (tertiary/aromatic N) is 3. The van der Waals surface area contributed by atoms with Gasteiger partial charge in [0, 0.05) is 23.4 Å². The van der Waals surface area contributed by atoms with Crippen molar-refractivity contribution in [3.8, 4) is 0 Å². The molecule has 0 spiro atoms. The number of rotatable bonds is 2. The molecule has 1 aliphatic rings. The van der Waals surface area contributed by atoms with Gasteiger partial charge in [-0.3, -0.25) is 15.4 Å². The minimum absolute atomic E-state index is 0.113. The lowest BCUT2D eigenvalue weighted by atomic mass is 9.88. The van der Waals surface area contributed by atoms with Crippen molar-refractivity contribution < 1.29 is 4.92 Å². The molecule has 0 bridgehead atoms. The molecule has 4 atom stereocenters. The highest BCUT2D eigenvalue weighted by atomic mass is 35.5. The van der Waals surface area contributed by atoms with Crippen molar-refractivity contribution in [3.63, 3.8) is 0 Å². The van der Waals surface area contributed by atoms with Crippen LogP contribution in [0.25, 0.3) is 0 Å². The van der Waals surface area contributed by atoms with E-state index < -0.39 is 11.5 Å². The molecule has 0 radical (unpaired) electrons. The van der Waals surface area contributed by atoms with E-state index in [1.165, 1.54) is 0 Å². The molecule has 0 saturated carbocycles. The maximum atomic E-state index is 11.1. The summed E-state index contributed by atoms with van der Waals surface area (Å²) in [5, 5.41) is 14.1. The highest BCUT2D eigenvalue weighted by Gasteiger charge is 2.45. The van der Waals surface area contributed by atoms with Gasteiger partial charge in [0.15, 0.2) is 5.50 Å². The first kappa shape index (κ1) is 12.2. The summed E-state index contributed by atoms with van der Waals surface area (Å²) in [6.45, 7) is 1.95. The first-order chi connectivity index (χ1) is 8.09. The fourth-order valence-electron chi connectivity index (χ4n) is 2.18. The number of nitrogens with one attached hydrogen (secondary N) is 1. The van der Waals surface area contributed by atoms with Gasteiger partial charge >= 0.3 is 0 Å². The quantitative estimate of drug-likeness (QED) is 0.372. The zero-order valence-electron chi connectivity index (χ0n) is 9.28. The molecule has 1 fully saturated rings. The van der Waals surface area contributed by atoms with Gasteiger partial charge < -0.3 is 0 Å². The lowest BCUT2D eigenvalue weighted by molar-refractivity contribution is -0.530. The van der Waals surface area contributed by atoms with Crippen LogP contribution in [0.5, 0.6) is 0 Å². The zero-order valence-corrected chi connectivity index (χ0v) is 10.0. The molecule has 2 heterocycles. The fourth-order valence-corrected chi connectivity index (χ4v) is 2.66. The molecule has 1 aromatic rings. The van der Waals surface area contributed by atoms with Crippen LogP contribution in [-0.2, 0) is 0 Å². The Bertz CT molecular complexity index is 403. The Balaban J connectivity index is 2.31. The number of alkyl halides is 1. The highest BCUT2D eigenvalue weighted by Crippen LogP contribution is 2.31. The Morgan fingerprint density at radius 1 is 1.53 bits per heavy atom. The first-order valence-electron chi connectivity index (χ1n) is 5.40. The molecule has 92 valence electrons. The summed E-state index contributed by atoms with van der Waals surface area (Å²) in [6, 6.07) is 0.908. The number of hydrogen-bond acceptors (Lipinski definition) is 5. The fraction of sp³-hybridized carbons (Fsp3) is 0.600. The third kappa shape index (κ3) is 2.53. The predicted molar refractivity (Wildman–Crippen MR) is 62.4 cm³/mol. The van der Waals surface area contributed by atoms with Crippen LogP contribution in [0.1, 0.15) is 25.1 Å². The Morgan fingerprint density at radius 3 is 2.76 bits per heavy atom. The monoisotopic (exact) mass is 256 g/mol. The number of aromatic nitrogens is 2. The third-order valence-corrected chi connectivity index (χ3v) is 3.31. The van der Waals surface area contributed by atoms with Crippen LogP contribution in [0, 0.1) is 10.1 Å². The van der Waals surface area contributed by atoms with Gasteiger partial charge in [-0.15, -0.1) is 0 Å². The SMILES string of the molecule is CC1CC(c2ncccn2)C([N+](=O)[O-])C(Cl)N1. The third-order valence-electron chi connectivity index (χ3n) is 2.92. The minimum Gasteiger partial charge on any atom is -0.293 e. The Hall–Kier alpha value is -1.27. The highest BCUT2D eigenvalue weighted by molar-refractivity contribution is 6.20. The summed E-state index contributed by atoms with van der Waals surface area (Å²) in [5.74, 6) is 0.151. The number of nitro groups is 1. The Labute approximate surface area is 104 Å². The predicted octanol–water partition coefficient (Wildman–Crippen LogP) is 1.15. The van der Waals surface area contributed by atoms with Gasteiger partial charge in [-0.2, -0.15) is 0 Å². The van der Waals surface area contributed by atoms with Crippen LogP contribution in [0.3, 0.4) is 0 Å². The standard InChI is InChI=1S/C10H13ClN4O2/c1-6-5-7(10-12-3-2-4-13-10)8(15(16)17)9(11)14-6/h2-4,6-9,14H,5H2,1H3. The van der Waals surface area contributed by atoms with Crippen LogP contribution >= 0.6 is 11.6 Å². The molecular formula is C10H13ClN4O2. The largest absolute Gasteiger partial charge is 0.293 e. The summed E-state index contributed by atoms with van der Waals surface area (Å²) < 4.78 is 0. The number of piperidine rings is 1. The molecule has 7 heteroatoms. The van der Waals surface area contributed by atoms with Crippen molar-refractivity contribution in [1.29, 1.82) is 0 Å². The van der Waals surface area contributed by atoms with Crippen LogP contribution in [0.15, 0.2) is 18.5 Å². The summed E-state index contributed by atoms with van der Waals surface area (Å²) in [7, 11) is 0. The van der Waals surface area contributed by atoms with Crippen molar-refractivity contribution in [2.24, 2.45) is 0 Å². The van der Waals surface area contributed by atoms with Crippen molar-refractivity contribution >= 4 is 11.6 Å². The van der Waals surface area contributed by atoms with Crippen LogP contribution in [0.2, 0.25) is 0 Å². The van der Waals surface area contributed by atoms with E-state index in [0.717, 1.165) is 0 Å². The molecule has 0 amide bonds. The molecule has 1 aromatic heterocycles. The average molecular weight is 257 g/mol. The molecule has 2 rings (SSSR count). The molecule has 0 aromatic carbocycles. The molecule has 0 aliphatic carbocycles. The van der Waals surface area contributed by atoms with Crippen molar-refractivity contribution in [2.45, 2.75) is 36.8 Å². The first-order valence-corrected chi connectivity index (χ1v) is 5.83. The summed E-state index contributed by atoms with van der Waals surface area (Å²) in [4.78, 5) is 18.9. The van der Waals surface area contributed by atoms with Gasteiger partial charge in [-0.05, 0) is 19.4 Å². The maximum Gasteiger partial charge on any atom is 0.251 e. The maximum absolute atomic E-state index is 11.1. The lowest BCUT2D eigenvalue weighted by Crippen LogP contribution is -2.53. The summed E-state index contributed by atoms with van der Waals surface area (Å²) >= 11 is 6.01. The van der Waals surface area contributed by atoms with Crippen LogP contribution in [-0.4, -0.2) is 32.5 Å². The number of hydrogen-bond donors (Lipinski definition) is 1. The zero-order chi connectivity index (χ0) is 12.4. The smallest absolute Gasteiger partial charge is 0.251 e. The van der Waals surface area contributed by atoms with E-state index in [9.17, 15) is 10.1 Å². The van der Waals surface area contributed by atoms with Crippen LogP contribution in [0.4, 0.5) is 0 Å². The summed E-state index contributed by atoms with van der Waals surface area (Å²) in [5.41, 5.74) is -0.692. The average Bonchev–Trinajstić information content (AvgIpc) is 2.28. The molecule has 1 saturated heterocycles. The lowest BCUT2D eigenvalue weighted by Gasteiger charge is -2.32. The van der Waals surface area contributed by atoms with E-state index in [1.807, 2.05) is 6.92 Å². The van der Waals surface area contributed by atoms with Crippen LogP contribution < -0.4 is 5.32 Å². The second-order valence-electron chi connectivity index (χ2n) is 4.19. The van der Waals surface area contributed by atoms with Crippen molar-refractivity contribution in [1.82, 2.24) is 15.3 Å². The summed E-state index contributed by atoms with van der Waals surface area (Å²) in [6.07, 6.45) is 3.80. The van der Waals surface area contributed by atoms with E-state index in [1.54, 1.807) is 18.5 Å². The molecule has 17 heavy (non-hydrogen) atoms.